The topological polar surface area (TPSA) is 73.8 Å². The minimum Gasteiger partial charge on any atom is -0.244 e. The summed E-state index contributed by atoms with van der Waals surface area (Å²) in [5.74, 6) is -3.09. The zero-order chi connectivity index (χ0) is 7.81. The second-order valence-electron chi connectivity index (χ2n) is 2.24. The molecule has 0 N–H and O–H groups in total. The monoisotopic (exact) mass is 214 g/mol. The van der Waals surface area contributed by atoms with Crippen molar-refractivity contribution in [1.29, 1.82) is 0 Å². The largest absolute Gasteiger partial charge is 0.413 e. The van der Waals surface area contributed by atoms with E-state index in [1.165, 1.54) is 0 Å². The summed E-state index contributed by atoms with van der Waals surface area (Å²) >= 11 is 0. The maximum atomic E-state index is 5.07. The molecule has 0 aliphatic carbocycles. The first kappa shape index (κ1) is 6.92. The molecule has 10 heteroatoms. The van der Waals surface area contributed by atoms with Crippen LogP contribution in [0.25, 0.3) is 0 Å². The minimum atomic E-state index is -1.66. The highest BCUT2D eigenvalue weighted by molar-refractivity contribution is 7.44. The highest BCUT2D eigenvalue weighted by Gasteiger charge is 2.86. The van der Waals surface area contributed by atoms with Gasteiger partial charge in [0.1, 0.15) is 0 Å². The van der Waals surface area contributed by atoms with Gasteiger partial charge in [-0.3, -0.25) is 0 Å². The summed E-state index contributed by atoms with van der Waals surface area (Å²) in [4.78, 5) is 9.47. The fourth-order valence-electron chi connectivity index (χ4n) is 1.04. The Morgan fingerprint density at radius 3 is 1.75 bits per heavy atom. The molecule has 5 heterocycles. The predicted octanol–water partition coefficient (Wildman–Crippen LogP) is 0.765. The van der Waals surface area contributed by atoms with Crippen LogP contribution in [0.1, 0.15) is 0 Å². The van der Waals surface area contributed by atoms with E-state index in [4.69, 9.17) is 27.9 Å². The molecule has 0 amide bonds. The second-order valence-corrected chi connectivity index (χ2v) is 4.16. The molecule has 0 aromatic rings. The fraction of sp³-hybridized carbons (Fsp3) is 1.00. The maximum Gasteiger partial charge on any atom is 0.413 e. The van der Waals surface area contributed by atoms with E-state index in [2.05, 4.69) is 9.35 Å². The molecule has 5 saturated heterocycles. The summed E-state index contributed by atoms with van der Waals surface area (Å²) in [6.07, 6.45) is 0. The Hall–Kier alpha value is 0.540. The van der Waals surface area contributed by atoms with E-state index < -0.39 is 29.2 Å². The van der Waals surface area contributed by atoms with Crippen molar-refractivity contribution in [3.63, 3.8) is 0 Å². The Kier molecular flexibility index (Phi) is 1.05. The summed E-state index contributed by atoms with van der Waals surface area (Å²) in [5.41, 5.74) is 0. The van der Waals surface area contributed by atoms with Gasteiger partial charge in [-0.1, -0.05) is 0 Å². The number of hydrogen-bond donors (Lipinski definition) is 0. The molecule has 5 aliphatic heterocycles. The van der Waals surface area contributed by atoms with E-state index in [-0.39, 0.29) is 0 Å². The molecule has 2 unspecified atom stereocenters. The van der Waals surface area contributed by atoms with E-state index in [0.717, 1.165) is 0 Å². The van der Waals surface area contributed by atoms with E-state index in [1.54, 1.807) is 0 Å². The molecule has 2 atom stereocenters. The SMILES string of the molecule is O1OC23OP1OOC21OP(O3)O1. The molecule has 0 aromatic carbocycles. The van der Waals surface area contributed by atoms with Gasteiger partial charge in [-0.15, -0.1) is 9.35 Å². The molecule has 0 radical (unpaired) electrons. The second kappa shape index (κ2) is 1.82. The van der Waals surface area contributed by atoms with Crippen molar-refractivity contribution in [2.75, 3.05) is 0 Å². The molecule has 4 bridgehead atoms. The summed E-state index contributed by atoms with van der Waals surface area (Å²) in [5, 5.41) is 0. The van der Waals surface area contributed by atoms with Crippen LogP contribution in [0.4, 0.5) is 0 Å². The Morgan fingerprint density at radius 1 is 0.667 bits per heavy atom. The van der Waals surface area contributed by atoms with Gasteiger partial charge in [-0.2, -0.15) is 9.78 Å². The zero-order valence-electron chi connectivity index (χ0n) is 5.16. The van der Waals surface area contributed by atoms with Crippen LogP contribution in [0.3, 0.4) is 0 Å². The van der Waals surface area contributed by atoms with Gasteiger partial charge in [-0.05, 0) is 0 Å². The van der Waals surface area contributed by atoms with Crippen LogP contribution in [0.2, 0.25) is 0 Å². The average Bonchev–Trinajstić information content (AvgIpc) is 2.60. The number of fused-ring (bicyclic) bond motifs is 1. The lowest BCUT2D eigenvalue weighted by atomic mass is 10.5. The van der Waals surface area contributed by atoms with Crippen molar-refractivity contribution >= 4 is 17.2 Å². The predicted molar refractivity (Wildman–Crippen MR) is 28.0 cm³/mol. The van der Waals surface area contributed by atoms with Crippen LogP contribution in [0.15, 0.2) is 0 Å². The first-order chi connectivity index (χ1) is 5.82. The van der Waals surface area contributed by atoms with Crippen molar-refractivity contribution < 1.29 is 37.2 Å². The number of hydrogen-bond acceptors (Lipinski definition) is 8. The van der Waals surface area contributed by atoms with Gasteiger partial charge < -0.3 is 0 Å². The maximum absolute atomic E-state index is 5.07. The first-order valence-electron chi connectivity index (χ1n) is 2.90. The van der Waals surface area contributed by atoms with Gasteiger partial charge in [-0.25, -0.2) is 18.1 Å². The molecule has 2 spiro atoms. The Balaban J connectivity index is 1.85. The van der Waals surface area contributed by atoms with E-state index >= 15 is 0 Å². The van der Waals surface area contributed by atoms with Crippen molar-refractivity contribution in [3.05, 3.63) is 0 Å². The third kappa shape index (κ3) is 0.556. The smallest absolute Gasteiger partial charge is 0.244 e. The highest BCUT2D eigenvalue weighted by atomic mass is 31.2. The van der Waals surface area contributed by atoms with Crippen molar-refractivity contribution in [3.8, 4) is 0 Å². The van der Waals surface area contributed by atoms with Crippen LogP contribution < -0.4 is 0 Å². The summed E-state index contributed by atoms with van der Waals surface area (Å²) in [6.45, 7) is 0. The molecule has 5 fully saturated rings. The van der Waals surface area contributed by atoms with Gasteiger partial charge in [0.2, 0.25) is 0 Å². The average molecular weight is 214 g/mol. The van der Waals surface area contributed by atoms with Crippen molar-refractivity contribution in [2.45, 2.75) is 11.9 Å². The van der Waals surface area contributed by atoms with Crippen molar-refractivity contribution in [2.24, 2.45) is 0 Å². The lowest BCUT2D eigenvalue weighted by Gasteiger charge is -2.35. The summed E-state index contributed by atoms with van der Waals surface area (Å²) in [6, 6.07) is 0. The Bertz CT molecular complexity index is 251. The Labute approximate surface area is 67.4 Å². The van der Waals surface area contributed by atoms with Gasteiger partial charge in [0, 0.05) is 0 Å². The molecule has 66 valence electrons. The van der Waals surface area contributed by atoms with Gasteiger partial charge in [0.25, 0.3) is 0 Å². The molecule has 8 nitrogen and oxygen atoms in total. The van der Waals surface area contributed by atoms with Gasteiger partial charge >= 0.3 is 29.2 Å². The molecular formula is C2O8P2. The molecule has 12 heavy (non-hydrogen) atoms. The quantitative estimate of drug-likeness (QED) is 0.432. The third-order valence-electron chi connectivity index (χ3n) is 1.57. The van der Waals surface area contributed by atoms with Crippen molar-refractivity contribution in [1.82, 2.24) is 0 Å². The first-order valence-corrected chi connectivity index (χ1v) is 5.09. The van der Waals surface area contributed by atoms with Crippen LogP contribution in [0, 0.1) is 0 Å². The zero-order valence-corrected chi connectivity index (χ0v) is 6.95. The molecule has 0 saturated carbocycles. The van der Waals surface area contributed by atoms with Gasteiger partial charge in [0.15, 0.2) is 0 Å². The van der Waals surface area contributed by atoms with Crippen LogP contribution in [-0.4, -0.2) is 11.9 Å². The molecule has 0 aromatic heterocycles. The molecule has 5 rings (SSSR count). The van der Waals surface area contributed by atoms with Crippen LogP contribution in [0.5, 0.6) is 0 Å². The van der Waals surface area contributed by atoms with E-state index in [9.17, 15) is 0 Å². The molecular weight excluding hydrogens is 214 g/mol. The summed E-state index contributed by atoms with van der Waals surface area (Å²) < 4.78 is 29.4. The fourth-order valence-corrected chi connectivity index (χ4v) is 3.02. The Morgan fingerprint density at radius 2 is 1.17 bits per heavy atom. The van der Waals surface area contributed by atoms with E-state index in [0.29, 0.717) is 0 Å². The summed E-state index contributed by atoms with van der Waals surface area (Å²) in [7, 11) is -3.09. The van der Waals surface area contributed by atoms with Gasteiger partial charge in [0.05, 0.1) is 0 Å². The van der Waals surface area contributed by atoms with Crippen LogP contribution >= 0.6 is 17.2 Å². The van der Waals surface area contributed by atoms with Crippen LogP contribution in [-0.2, 0) is 37.2 Å². The lowest BCUT2D eigenvalue weighted by molar-refractivity contribution is -0.549. The standard InChI is InChI=1S/C2O8P2/c3-1-2(7-11(5-1)6-1)4-10-12(8-2)9-3. The normalized spacial score (nSPS) is 66.0. The molecule has 5 aliphatic rings. The minimum absolute atomic E-state index is 1.43. The third-order valence-corrected chi connectivity index (χ3v) is 3.52. The number of rotatable bonds is 0. The lowest BCUT2D eigenvalue weighted by Crippen LogP contribution is -2.56. The highest BCUT2D eigenvalue weighted by Crippen LogP contribution is 2.79. The van der Waals surface area contributed by atoms with E-state index in [1.807, 2.05) is 0 Å².